The zero-order chi connectivity index (χ0) is 16.8. The maximum Gasteiger partial charge on any atom is 0.191 e. The third-order valence-electron chi connectivity index (χ3n) is 5.98. The first-order valence-corrected chi connectivity index (χ1v) is 9.91. The molecule has 4 fully saturated rings. The lowest BCUT2D eigenvalue weighted by atomic mass is 10.0. The van der Waals surface area contributed by atoms with E-state index in [1.54, 1.807) is 0 Å². The first kappa shape index (κ1) is 18.0. The molecule has 0 aromatic carbocycles. The molecule has 0 aliphatic carbocycles. The molecule has 24 heavy (non-hydrogen) atoms. The van der Waals surface area contributed by atoms with Crippen LogP contribution in [0.25, 0.3) is 0 Å². The zero-order valence-corrected chi connectivity index (χ0v) is 15.6. The van der Waals surface area contributed by atoms with Crippen LogP contribution in [0.2, 0.25) is 0 Å². The Labute approximate surface area is 147 Å². The van der Waals surface area contributed by atoms with Crippen molar-refractivity contribution in [3.63, 3.8) is 0 Å². The van der Waals surface area contributed by atoms with Gasteiger partial charge in [-0.05, 0) is 32.7 Å². The van der Waals surface area contributed by atoms with Gasteiger partial charge in [-0.2, -0.15) is 0 Å². The maximum atomic E-state index is 4.38. The lowest BCUT2D eigenvalue weighted by Gasteiger charge is -2.47. The molecule has 4 rings (SSSR count). The third-order valence-corrected chi connectivity index (χ3v) is 5.98. The Balaban J connectivity index is 1.30. The summed E-state index contributed by atoms with van der Waals surface area (Å²) >= 11 is 0. The van der Waals surface area contributed by atoms with Gasteiger partial charge in [0.05, 0.1) is 0 Å². The number of piperidine rings is 1. The van der Waals surface area contributed by atoms with E-state index in [9.17, 15) is 0 Å². The van der Waals surface area contributed by atoms with Gasteiger partial charge in [0.25, 0.3) is 0 Å². The fraction of sp³-hybridized carbons (Fsp3) is 0.944. The van der Waals surface area contributed by atoms with Gasteiger partial charge in [0.2, 0.25) is 0 Å². The summed E-state index contributed by atoms with van der Waals surface area (Å²) < 4.78 is 0. The van der Waals surface area contributed by atoms with Crippen LogP contribution in [0.15, 0.2) is 4.99 Å². The maximum absolute atomic E-state index is 4.38. The van der Waals surface area contributed by atoms with Crippen LogP contribution in [0.4, 0.5) is 0 Å². The summed E-state index contributed by atoms with van der Waals surface area (Å²) in [5.74, 6) is 0.958. The molecule has 4 aliphatic rings. The van der Waals surface area contributed by atoms with E-state index in [0.717, 1.165) is 25.1 Å². The van der Waals surface area contributed by atoms with Crippen molar-refractivity contribution < 1.29 is 0 Å². The van der Waals surface area contributed by atoms with Gasteiger partial charge in [0, 0.05) is 71.5 Å². The first-order chi connectivity index (χ1) is 11.8. The molecule has 0 radical (unpaired) electrons. The van der Waals surface area contributed by atoms with Gasteiger partial charge in [-0.3, -0.25) is 14.8 Å². The molecule has 0 aromatic heterocycles. The molecule has 0 aromatic rings. The molecule has 2 N–H and O–H groups in total. The van der Waals surface area contributed by atoms with E-state index in [2.05, 4.69) is 37.2 Å². The molecule has 0 saturated carbocycles. The monoisotopic (exact) mass is 336 g/mol. The molecule has 0 amide bonds. The van der Waals surface area contributed by atoms with Crippen molar-refractivity contribution in [2.24, 2.45) is 4.99 Å². The highest BCUT2D eigenvalue weighted by molar-refractivity contribution is 5.79. The molecule has 0 spiro atoms. The van der Waals surface area contributed by atoms with Gasteiger partial charge in [0.1, 0.15) is 0 Å². The number of hydrogen-bond donors (Lipinski definition) is 2. The molecule has 2 bridgehead atoms. The molecule has 2 unspecified atom stereocenters. The molecule has 4 aliphatic heterocycles. The van der Waals surface area contributed by atoms with E-state index in [4.69, 9.17) is 0 Å². The van der Waals surface area contributed by atoms with Crippen LogP contribution in [0.1, 0.15) is 32.6 Å². The molecule has 4 heterocycles. The Morgan fingerprint density at radius 3 is 2.58 bits per heavy atom. The number of fused-ring (bicyclic) bond motifs is 3. The predicted molar refractivity (Wildman–Crippen MR) is 101 cm³/mol. The lowest BCUT2D eigenvalue weighted by Crippen LogP contribution is -2.63. The summed E-state index contributed by atoms with van der Waals surface area (Å²) in [6, 6.07) is 1.40. The van der Waals surface area contributed by atoms with Gasteiger partial charge >= 0.3 is 0 Å². The molecule has 6 heteroatoms. The van der Waals surface area contributed by atoms with Gasteiger partial charge in [0.15, 0.2) is 5.96 Å². The summed E-state index contributed by atoms with van der Waals surface area (Å²) in [6.07, 6.45) is 5.33. The summed E-state index contributed by atoms with van der Waals surface area (Å²) in [6.45, 7) is 13.0. The number of guanidine groups is 1. The van der Waals surface area contributed by atoms with Crippen molar-refractivity contribution in [1.29, 1.82) is 0 Å². The van der Waals surface area contributed by atoms with Crippen molar-refractivity contribution in [3.05, 3.63) is 0 Å². The Bertz CT molecular complexity index is 404. The van der Waals surface area contributed by atoms with Crippen LogP contribution in [0.3, 0.4) is 0 Å². The van der Waals surface area contributed by atoms with Crippen LogP contribution in [-0.4, -0.2) is 98.7 Å². The number of rotatable bonds is 6. The van der Waals surface area contributed by atoms with Gasteiger partial charge < -0.3 is 15.5 Å². The number of likely N-dealkylation sites (tertiary alicyclic amines) is 1. The molecule has 4 saturated heterocycles. The van der Waals surface area contributed by atoms with Crippen molar-refractivity contribution in [2.75, 3.05) is 66.0 Å². The minimum Gasteiger partial charge on any atom is -0.356 e. The standard InChI is InChI=1S/C18H36N6/c1-16-6-3-4-8-23(16)9-5-7-20-18(19-2)21-14-17-15-22-10-12-24(17)13-11-22/h16-17H,3-15H2,1-2H3,(H2,19,20,21). The number of aliphatic imine (C=N–C) groups is 1. The van der Waals surface area contributed by atoms with Gasteiger partial charge in [-0.1, -0.05) is 6.42 Å². The van der Waals surface area contributed by atoms with Crippen LogP contribution in [0.5, 0.6) is 0 Å². The second-order valence-corrected chi connectivity index (χ2v) is 7.60. The van der Waals surface area contributed by atoms with E-state index < -0.39 is 0 Å². The largest absolute Gasteiger partial charge is 0.356 e. The Morgan fingerprint density at radius 2 is 1.92 bits per heavy atom. The summed E-state index contributed by atoms with van der Waals surface area (Å²) in [4.78, 5) is 12.2. The quantitative estimate of drug-likeness (QED) is 0.418. The van der Waals surface area contributed by atoms with E-state index in [0.29, 0.717) is 6.04 Å². The van der Waals surface area contributed by atoms with Crippen molar-refractivity contribution in [3.8, 4) is 0 Å². The number of hydrogen-bond acceptors (Lipinski definition) is 4. The highest BCUT2D eigenvalue weighted by atomic mass is 15.4. The zero-order valence-electron chi connectivity index (χ0n) is 15.6. The smallest absolute Gasteiger partial charge is 0.191 e. The minimum absolute atomic E-state index is 0.639. The van der Waals surface area contributed by atoms with Gasteiger partial charge in [-0.15, -0.1) is 0 Å². The molecule has 138 valence electrons. The minimum atomic E-state index is 0.639. The van der Waals surface area contributed by atoms with Crippen molar-refractivity contribution in [2.45, 2.75) is 44.7 Å². The Hall–Kier alpha value is -0.850. The number of piperazine rings is 3. The number of nitrogens with one attached hydrogen (secondary N) is 2. The predicted octanol–water partition coefficient (Wildman–Crippen LogP) is 0.416. The molecular formula is C18H36N6. The van der Waals surface area contributed by atoms with Crippen LogP contribution in [0, 0.1) is 0 Å². The van der Waals surface area contributed by atoms with Crippen LogP contribution < -0.4 is 10.6 Å². The van der Waals surface area contributed by atoms with E-state index in [-0.39, 0.29) is 0 Å². The second-order valence-electron chi connectivity index (χ2n) is 7.60. The van der Waals surface area contributed by atoms with E-state index in [1.807, 2.05) is 7.05 Å². The third kappa shape index (κ3) is 4.83. The summed E-state index contributed by atoms with van der Waals surface area (Å²) in [5.41, 5.74) is 0. The molecule has 2 atom stereocenters. The molecule has 6 nitrogen and oxygen atoms in total. The fourth-order valence-electron chi connectivity index (χ4n) is 4.33. The van der Waals surface area contributed by atoms with E-state index in [1.165, 1.54) is 71.5 Å². The average molecular weight is 337 g/mol. The van der Waals surface area contributed by atoms with Crippen molar-refractivity contribution in [1.82, 2.24) is 25.3 Å². The van der Waals surface area contributed by atoms with Crippen LogP contribution in [-0.2, 0) is 0 Å². The topological polar surface area (TPSA) is 46.1 Å². The van der Waals surface area contributed by atoms with Crippen LogP contribution >= 0.6 is 0 Å². The van der Waals surface area contributed by atoms with E-state index >= 15 is 0 Å². The Kier molecular flexibility index (Phi) is 6.75. The second kappa shape index (κ2) is 9.02. The summed E-state index contributed by atoms with van der Waals surface area (Å²) in [5, 5.41) is 7.02. The first-order valence-electron chi connectivity index (χ1n) is 9.91. The SMILES string of the molecule is CN=C(NCCCN1CCCCC1C)NCC1CN2CCN1CC2. The number of nitrogens with zero attached hydrogens (tertiary/aromatic N) is 4. The Morgan fingerprint density at radius 1 is 1.08 bits per heavy atom. The summed E-state index contributed by atoms with van der Waals surface area (Å²) in [7, 11) is 1.87. The van der Waals surface area contributed by atoms with Gasteiger partial charge in [-0.25, -0.2) is 0 Å². The van der Waals surface area contributed by atoms with Crippen molar-refractivity contribution >= 4 is 5.96 Å². The lowest BCUT2D eigenvalue weighted by molar-refractivity contribution is 0.0154. The molecular weight excluding hydrogens is 300 g/mol. The average Bonchev–Trinajstić information content (AvgIpc) is 2.63. The highest BCUT2D eigenvalue weighted by Crippen LogP contribution is 2.16. The normalized spacial score (nSPS) is 34.3. The highest BCUT2D eigenvalue weighted by Gasteiger charge is 2.31. The fourth-order valence-corrected chi connectivity index (χ4v) is 4.33.